The summed E-state index contributed by atoms with van der Waals surface area (Å²) in [6.45, 7) is 3.82. The van der Waals surface area contributed by atoms with Gasteiger partial charge in [0.1, 0.15) is 11.0 Å². The number of aromatic nitrogens is 2. The van der Waals surface area contributed by atoms with Crippen LogP contribution >= 0.6 is 23.5 Å². The van der Waals surface area contributed by atoms with Gasteiger partial charge in [0.25, 0.3) is 5.56 Å². The summed E-state index contributed by atoms with van der Waals surface area (Å²) < 4.78 is 11.6. The second kappa shape index (κ2) is 7.75. The van der Waals surface area contributed by atoms with Crippen LogP contribution in [0, 0.1) is 0 Å². The molecule has 0 saturated heterocycles. The lowest BCUT2D eigenvalue weighted by molar-refractivity contribution is -0.139. The molecule has 1 aromatic carbocycles. The molecule has 6 nitrogen and oxygen atoms in total. The van der Waals surface area contributed by atoms with Crippen LogP contribution < -0.4 is 10.3 Å². The Balaban J connectivity index is 2.12. The first kappa shape index (κ1) is 18.8. The van der Waals surface area contributed by atoms with E-state index >= 15 is 0 Å². The first-order chi connectivity index (χ1) is 12.4. The van der Waals surface area contributed by atoms with Gasteiger partial charge in [-0.05, 0) is 31.2 Å². The lowest BCUT2D eigenvalue weighted by Gasteiger charge is -2.16. The van der Waals surface area contributed by atoms with E-state index in [1.807, 2.05) is 12.1 Å². The third-order valence-electron chi connectivity index (χ3n) is 4.03. The van der Waals surface area contributed by atoms with Crippen LogP contribution in [-0.4, -0.2) is 40.2 Å². The minimum Gasteiger partial charge on any atom is -0.497 e. The molecule has 2 atom stereocenters. The zero-order chi connectivity index (χ0) is 18.8. The van der Waals surface area contributed by atoms with E-state index in [0.29, 0.717) is 26.7 Å². The topological polar surface area (TPSA) is 70.4 Å². The molecule has 0 aliphatic carbocycles. The average molecular weight is 393 g/mol. The highest BCUT2D eigenvalue weighted by molar-refractivity contribution is 8.00. The van der Waals surface area contributed by atoms with Crippen molar-refractivity contribution in [2.75, 3.05) is 14.2 Å². The first-order valence-corrected chi connectivity index (χ1v) is 9.92. The number of benzene rings is 1. The summed E-state index contributed by atoms with van der Waals surface area (Å²) >= 11 is 2.78. The van der Waals surface area contributed by atoms with E-state index in [2.05, 4.69) is 6.92 Å². The molecule has 1 aromatic heterocycles. The van der Waals surface area contributed by atoms with Crippen molar-refractivity contribution in [3.05, 3.63) is 40.3 Å². The monoisotopic (exact) mass is 392 g/mol. The van der Waals surface area contributed by atoms with Gasteiger partial charge in [-0.2, -0.15) is 0 Å². The highest BCUT2D eigenvalue weighted by Gasteiger charge is 2.28. The summed E-state index contributed by atoms with van der Waals surface area (Å²) in [6.07, 6.45) is 0.749. The second-order valence-electron chi connectivity index (χ2n) is 5.92. The number of carbonyl (C=O) groups excluding carboxylic acids is 1. The van der Waals surface area contributed by atoms with Crippen molar-refractivity contribution in [2.24, 2.45) is 0 Å². The first-order valence-electron chi connectivity index (χ1n) is 8.16. The van der Waals surface area contributed by atoms with E-state index < -0.39 is 5.25 Å². The van der Waals surface area contributed by atoms with Crippen LogP contribution in [0.2, 0.25) is 0 Å². The Kier molecular flexibility index (Phi) is 5.62. The summed E-state index contributed by atoms with van der Waals surface area (Å²) in [5, 5.41) is 0.334. The van der Waals surface area contributed by atoms with Gasteiger partial charge < -0.3 is 9.47 Å². The third-order valence-corrected chi connectivity index (χ3v) is 6.27. The van der Waals surface area contributed by atoms with Gasteiger partial charge in [-0.3, -0.25) is 14.2 Å². The quantitative estimate of drug-likeness (QED) is 0.440. The maximum absolute atomic E-state index is 13.1. The molecule has 0 N–H and O–H groups in total. The van der Waals surface area contributed by atoms with Gasteiger partial charge in [0.15, 0.2) is 5.16 Å². The Morgan fingerprint density at radius 2 is 2.04 bits per heavy atom. The highest BCUT2D eigenvalue weighted by Crippen LogP contribution is 2.35. The van der Waals surface area contributed by atoms with Crippen molar-refractivity contribution < 1.29 is 14.3 Å². The number of hydrogen-bond donors (Lipinski definition) is 0. The van der Waals surface area contributed by atoms with E-state index in [9.17, 15) is 9.59 Å². The number of ether oxygens (including phenoxy) is 2. The summed E-state index contributed by atoms with van der Waals surface area (Å²) in [5.41, 5.74) is 1.39. The molecule has 0 spiro atoms. The largest absolute Gasteiger partial charge is 0.497 e. The zero-order valence-corrected chi connectivity index (χ0v) is 16.6. The van der Waals surface area contributed by atoms with Crippen molar-refractivity contribution >= 4 is 29.5 Å². The number of methoxy groups -OCH3 is 2. The zero-order valence-electron chi connectivity index (χ0n) is 15.0. The molecule has 1 aliphatic heterocycles. The normalized spacial score (nSPS) is 16.8. The number of rotatable bonds is 5. The molecule has 1 aliphatic rings. The fourth-order valence-corrected chi connectivity index (χ4v) is 4.78. The molecule has 0 fully saturated rings. The number of fused-ring (bicyclic) bond motifs is 1. The standard InChI is InChI=1S/C18H20N2O4S2/c1-10-9-14-15(25-10)16(21)20(12-5-7-13(23-3)8-6-12)18(19-14)26-11(2)17(22)24-4/h5-8,10-11H,9H2,1-4H3/t10-,11-/m0/s1. The smallest absolute Gasteiger partial charge is 0.318 e. The second-order valence-corrected chi connectivity index (χ2v) is 8.68. The predicted molar refractivity (Wildman–Crippen MR) is 103 cm³/mol. The maximum Gasteiger partial charge on any atom is 0.318 e. The van der Waals surface area contributed by atoms with Crippen molar-refractivity contribution in [1.82, 2.24) is 9.55 Å². The van der Waals surface area contributed by atoms with Crippen LogP contribution in [-0.2, 0) is 16.0 Å². The Labute approximate surface area is 160 Å². The molecule has 138 valence electrons. The third kappa shape index (κ3) is 3.61. The fraction of sp³-hybridized carbons (Fsp3) is 0.389. The van der Waals surface area contributed by atoms with Crippen LogP contribution in [0.15, 0.2) is 39.1 Å². The van der Waals surface area contributed by atoms with Crippen LogP contribution in [0.25, 0.3) is 5.69 Å². The Bertz CT molecular complexity index is 880. The molecule has 8 heteroatoms. The van der Waals surface area contributed by atoms with Gasteiger partial charge in [0.05, 0.1) is 30.5 Å². The Hall–Kier alpha value is -1.93. The van der Waals surface area contributed by atoms with E-state index in [0.717, 1.165) is 12.1 Å². The molecule has 3 rings (SSSR count). The predicted octanol–water partition coefficient (Wildman–Crippen LogP) is 2.93. The molecule has 0 radical (unpaired) electrons. The van der Waals surface area contributed by atoms with E-state index in [1.54, 1.807) is 42.5 Å². The van der Waals surface area contributed by atoms with E-state index in [-0.39, 0.29) is 11.5 Å². The molecule has 2 heterocycles. The Morgan fingerprint density at radius 1 is 1.35 bits per heavy atom. The summed E-state index contributed by atoms with van der Waals surface area (Å²) in [5.74, 6) is 0.352. The van der Waals surface area contributed by atoms with Gasteiger partial charge in [-0.1, -0.05) is 18.7 Å². The van der Waals surface area contributed by atoms with E-state index in [4.69, 9.17) is 14.5 Å². The summed E-state index contributed by atoms with van der Waals surface area (Å²) in [4.78, 5) is 30.4. The minimum absolute atomic E-state index is 0.103. The fourth-order valence-electron chi connectivity index (χ4n) is 2.71. The van der Waals surface area contributed by atoms with Crippen LogP contribution in [0.5, 0.6) is 5.75 Å². The van der Waals surface area contributed by atoms with Crippen molar-refractivity contribution in [2.45, 2.75) is 40.8 Å². The SMILES string of the molecule is COC(=O)[C@H](C)Sc1nc2c(c(=O)n1-c1ccc(OC)cc1)S[C@@H](C)C2. The van der Waals surface area contributed by atoms with Gasteiger partial charge in [-0.25, -0.2) is 4.98 Å². The molecular formula is C18H20N2O4S2. The average Bonchev–Trinajstić information content (AvgIpc) is 3.02. The highest BCUT2D eigenvalue weighted by atomic mass is 32.2. The number of nitrogens with zero attached hydrogens (tertiary/aromatic N) is 2. The summed E-state index contributed by atoms with van der Waals surface area (Å²) in [7, 11) is 2.94. The van der Waals surface area contributed by atoms with Crippen molar-refractivity contribution in [3.8, 4) is 11.4 Å². The van der Waals surface area contributed by atoms with Crippen LogP contribution in [0.1, 0.15) is 19.5 Å². The Morgan fingerprint density at radius 3 is 2.65 bits per heavy atom. The number of esters is 1. The molecule has 0 saturated carbocycles. The molecular weight excluding hydrogens is 372 g/mol. The molecule has 26 heavy (non-hydrogen) atoms. The number of hydrogen-bond acceptors (Lipinski definition) is 7. The number of thioether (sulfide) groups is 2. The number of carbonyl (C=O) groups is 1. The lowest BCUT2D eigenvalue weighted by atomic mass is 10.2. The maximum atomic E-state index is 13.1. The molecule has 2 aromatic rings. The van der Waals surface area contributed by atoms with E-state index in [1.165, 1.54) is 18.9 Å². The van der Waals surface area contributed by atoms with Crippen LogP contribution in [0.3, 0.4) is 0 Å². The minimum atomic E-state index is -0.471. The molecule has 0 bridgehead atoms. The van der Waals surface area contributed by atoms with Gasteiger partial charge >= 0.3 is 5.97 Å². The van der Waals surface area contributed by atoms with Gasteiger partial charge in [0.2, 0.25) is 0 Å². The molecule has 0 unspecified atom stereocenters. The summed E-state index contributed by atoms with van der Waals surface area (Å²) in [6, 6.07) is 7.21. The van der Waals surface area contributed by atoms with Gasteiger partial charge in [-0.15, -0.1) is 11.8 Å². The van der Waals surface area contributed by atoms with Gasteiger partial charge in [0, 0.05) is 11.7 Å². The van der Waals surface area contributed by atoms with Crippen molar-refractivity contribution in [1.29, 1.82) is 0 Å². The van der Waals surface area contributed by atoms with Crippen molar-refractivity contribution in [3.63, 3.8) is 0 Å². The van der Waals surface area contributed by atoms with Crippen LogP contribution in [0.4, 0.5) is 0 Å². The lowest BCUT2D eigenvalue weighted by Crippen LogP contribution is -2.25. The molecule has 0 amide bonds.